The second-order valence-electron chi connectivity index (χ2n) is 5.77. The van der Waals surface area contributed by atoms with E-state index in [0.717, 1.165) is 35.6 Å². The lowest BCUT2D eigenvalue weighted by Crippen LogP contribution is -2.40. The molecular formula is C17H23Cl2N3O2S. The Hall–Kier alpha value is -1.34. The van der Waals surface area contributed by atoms with Gasteiger partial charge in [-0.05, 0) is 49.6 Å². The molecule has 1 aromatic carbocycles. The summed E-state index contributed by atoms with van der Waals surface area (Å²) in [5, 5.41) is 5.72. The van der Waals surface area contributed by atoms with Crippen molar-refractivity contribution in [2.24, 2.45) is 11.7 Å². The number of halogens is 2. The van der Waals surface area contributed by atoms with Crippen LogP contribution in [0.5, 0.6) is 5.75 Å². The van der Waals surface area contributed by atoms with Crippen LogP contribution in [0.15, 0.2) is 29.6 Å². The van der Waals surface area contributed by atoms with E-state index in [-0.39, 0.29) is 36.8 Å². The Bertz CT molecular complexity index is 679. The van der Waals surface area contributed by atoms with Crippen molar-refractivity contribution < 1.29 is 9.53 Å². The average molecular weight is 404 g/mol. The van der Waals surface area contributed by atoms with Gasteiger partial charge >= 0.3 is 0 Å². The van der Waals surface area contributed by atoms with Gasteiger partial charge in [0.15, 0.2) is 0 Å². The Morgan fingerprint density at radius 2 is 2.04 bits per heavy atom. The van der Waals surface area contributed by atoms with Gasteiger partial charge in [0.1, 0.15) is 16.5 Å². The Kier molecular flexibility index (Phi) is 8.65. The van der Waals surface area contributed by atoms with Crippen molar-refractivity contribution in [1.82, 2.24) is 10.3 Å². The zero-order valence-corrected chi connectivity index (χ0v) is 16.4. The van der Waals surface area contributed by atoms with Gasteiger partial charge in [-0.15, -0.1) is 36.2 Å². The fraction of sp³-hybridized carbons (Fsp3) is 0.412. The monoisotopic (exact) mass is 403 g/mol. The third-order valence-electron chi connectivity index (χ3n) is 4.35. The number of aromatic nitrogens is 1. The molecule has 0 spiro atoms. The van der Waals surface area contributed by atoms with Crippen molar-refractivity contribution >= 4 is 42.1 Å². The number of nitrogens with two attached hydrogens (primary N) is 1. The molecule has 5 nitrogen and oxygen atoms in total. The quantitative estimate of drug-likeness (QED) is 0.800. The van der Waals surface area contributed by atoms with Crippen LogP contribution in [0.3, 0.4) is 0 Å². The molecule has 1 saturated carbocycles. The molecule has 1 amide bonds. The van der Waals surface area contributed by atoms with Crippen LogP contribution in [0.4, 0.5) is 0 Å². The second kappa shape index (κ2) is 9.97. The minimum absolute atomic E-state index is 0. The van der Waals surface area contributed by atoms with Crippen molar-refractivity contribution in [2.75, 3.05) is 13.7 Å². The molecule has 8 heteroatoms. The standard InChI is InChI=1S/C17H21N3O2S.2ClH/c1-22-13-7-5-11(6-8-13)17-20-15(10-23-17)16(21)19-14-4-2-3-12(14)9-18;;/h5-8,10,12,14H,2-4,9,18H2,1H3,(H,19,21);2*1H. The molecule has 1 heterocycles. The van der Waals surface area contributed by atoms with E-state index in [9.17, 15) is 4.79 Å². The summed E-state index contributed by atoms with van der Waals surface area (Å²) in [7, 11) is 1.64. The van der Waals surface area contributed by atoms with Crippen LogP contribution in [0, 0.1) is 5.92 Å². The van der Waals surface area contributed by atoms with Crippen LogP contribution < -0.4 is 15.8 Å². The number of carbonyl (C=O) groups is 1. The highest BCUT2D eigenvalue weighted by Gasteiger charge is 2.28. The number of methoxy groups -OCH3 is 1. The summed E-state index contributed by atoms with van der Waals surface area (Å²) in [6, 6.07) is 7.85. The fourth-order valence-corrected chi connectivity index (χ4v) is 3.80. The second-order valence-corrected chi connectivity index (χ2v) is 6.63. The molecule has 0 saturated heterocycles. The predicted octanol–water partition coefficient (Wildman–Crippen LogP) is 3.52. The molecule has 3 rings (SSSR count). The summed E-state index contributed by atoms with van der Waals surface area (Å²) < 4.78 is 5.15. The molecule has 2 unspecified atom stereocenters. The largest absolute Gasteiger partial charge is 0.497 e. The molecule has 1 fully saturated rings. The van der Waals surface area contributed by atoms with E-state index in [4.69, 9.17) is 10.5 Å². The molecule has 2 aromatic rings. The summed E-state index contributed by atoms with van der Waals surface area (Å²) in [5.41, 5.74) is 7.22. The molecule has 25 heavy (non-hydrogen) atoms. The maximum atomic E-state index is 12.4. The summed E-state index contributed by atoms with van der Waals surface area (Å²) in [6.45, 7) is 0.624. The van der Waals surface area contributed by atoms with E-state index in [1.807, 2.05) is 24.3 Å². The molecule has 0 aliphatic heterocycles. The molecule has 3 N–H and O–H groups in total. The van der Waals surface area contributed by atoms with Crippen molar-refractivity contribution in [1.29, 1.82) is 0 Å². The zero-order chi connectivity index (χ0) is 16.2. The third-order valence-corrected chi connectivity index (χ3v) is 5.24. The van der Waals surface area contributed by atoms with Gasteiger partial charge in [0.2, 0.25) is 0 Å². The van der Waals surface area contributed by atoms with Crippen LogP contribution in [0.2, 0.25) is 0 Å². The van der Waals surface area contributed by atoms with Gasteiger partial charge in [-0.25, -0.2) is 4.98 Å². The molecule has 138 valence electrons. The van der Waals surface area contributed by atoms with Crippen molar-refractivity contribution in [3.63, 3.8) is 0 Å². The number of hydrogen-bond donors (Lipinski definition) is 2. The molecule has 1 aliphatic carbocycles. The van der Waals surface area contributed by atoms with Crippen LogP contribution in [0.1, 0.15) is 29.8 Å². The maximum absolute atomic E-state index is 12.4. The molecule has 2 atom stereocenters. The van der Waals surface area contributed by atoms with E-state index >= 15 is 0 Å². The summed E-state index contributed by atoms with van der Waals surface area (Å²) in [5.74, 6) is 1.09. The van der Waals surface area contributed by atoms with Gasteiger partial charge in [0.05, 0.1) is 7.11 Å². The summed E-state index contributed by atoms with van der Waals surface area (Å²) >= 11 is 1.47. The van der Waals surface area contributed by atoms with Crippen LogP contribution in [-0.2, 0) is 0 Å². The lowest BCUT2D eigenvalue weighted by molar-refractivity contribution is 0.0924. The number of thiazole rings is 1. The van der Waals surface area contributed by atoms with Gasteiger partial charge < -0.3 is 15.8 Å². The van der Waals surface area contributed by atoms with E-state index < -0.39 is 0 Å². The van der Waals surface area contributed by atoms with Gasteiger partial charge in [0, 0.05) is 17.0 Å². The van der Waals surface area contributed by atoms with Crippen molar-refractivity contribution in [2.45, 2.75) is 25.3 Å². The predicted molar refractivity (Wildman–Crippen MR) is 106 cm³/mol. The SMILES string of the molecule is COc1ccc(-c2nc(C(=O)NC3CCCC3CN)cs2)cc1.Cl.Cl. The Morgan fingerprint density at radius 1 is 1.32 bits per heavy atom. The Morgan fingerprint density at radius 3 is 2.68 bits per heavy atom. The van der Waals surface area contributed by atoms with Crippen LogP contribution in [-0.4, -0.2) is 30.6 Å². The van der Waals surface area contributed by atoms with E-state index in [1.165, 1.54) is 11.3 Å². The number of nitrogens with zero attached hydrogens (tertiary/aromatic N) is 1. The topological polar surface area (TPSA) is 77.2 Å². The lowest BCUT2D eigenvalue weighted by atomic mass is 10.0. The highest BCUT2D eigenvalue weighted by molar-refractivity contribution is 7.13. The number of benzene rings is 1. The first-order valence-electron chi connectivity index (χ1n) is 7.82. The molecule has 0 radical (unpaired) electrons. The average Bonchev–Trinajstić information content (AvgIpc) is 3.24. The smallest absolute Gasteiger partial charge is 0.271 e. The Labute approximate surface area is 164 Å². The highest BCUT2D eigenvalue weighted by Crippen LogP contribution is 2.27. The molecular weight excluding hydrogens is 381 g/mol. The van der Waals surface area contributed by atoms with Crippen LogP contribution in [0.25, 0.3) is 10.6 Å². The minimum Gasteiger partial charge on any atom is -0.497 e. The molecule has 0 bridgehead atoms. The summed E-state index contributed by atoms with van der Waals surface area (Å²) in [4.78, 5) is 16.8. The van der Waals surface area contributed by atoms with Gasteiger partial charge in [-0.3, -0.25) is 4.79 Å². The van der Waals surface area contributed by atoms with E-state index in [2.05, 4.69) is 10.3 Å². The zero-order valence-electron chi connectivity index (χ0n) is 13.9. The molecule has 1 aliphatic rings. The van der Waals surface area contributed by atoms with Crippen molar-refractivity contribution in [3.8, 4) is 16.3 Å². The van der Waals surface area contributed by atoms with Gasteiger partial charge in [-0.1, -0.05) is 6.42 Å². The summed E-state index contributed by atoms with van der Waals surface area (Å²) in [6.07, 6.45) is 3.22. The van der Waals surface area contributed by atoms with E-state index in [0.29, 0.717) is 18.2 Å². The first-order chi connectivity index (χ1) is 11.2. The first-order valence-corrected chi connectivity index (χ1v) is 8.70. The van der Waals surface area contributed by atoms with Gasteiger partial charge in [-0.2, -0.15) is 0 Å². The minimum atomic E-state index is -0.105. The molecule has 1 aromatic heterocycles. The third kappa shape index (κ3) is 5.07. The first kappa shape index (κ1) is 21.7. The van der Waals surface area contributed by atoms with Crippen LogP contribution >= 0.6 is 36.2 Å². The highest BCUT2D eigenvalue weighted by atomic mass is 35.5. The fourth-order valence-electron chi connectivity index (χ4n) is 3.00. The number of nitrogens with one attached hydrogen (secondary N) is 1. The van der Waals surface area contributed by atoms with Crippen molar-refractivity contribution in [3.05, 3.63) is 35.3 Å². The number of amides is 1. The number of carbonyl (C=O) groups excluding carboxylic acids is 1. The lowest BCUT2D eigenvalue weighted by Gasteiger charge is -2.18. The number of hydrogen-bond acceptors (Lipinski definition) is 5. The van der Waals surface area contributed by atoms with E-state index in [1.54, 1.807) is 12.5 Å². The number of ether oxygens (including phenoxy) is 1. The number of rotatable bonds is 5. The van der Waals surface area contributed by atoms with Gasteiger partial charge in [0.25, 0.3) is 5.91 Å². The Balaban J connectivity index is 0.00000156. The maximum Gasteiger partial charge on any atom is 0.271 e. The normalized spacial score (nSPS) is 18.8.